The summed E-state index contributed by atoms with van der Waals surface area (Å²) in [6.07, 6.45) is 2.34. The molecule has 1 fully saturated rings. The first-order valence-corrected chi connectivity index (χ1v) is 8.40. The van der Waals surface area contributed by atoms with E-state index in [-0.39, 0.29) is 5.91 Å². The zero-order valence-corrected chi connectivity index (χ0v) is 14.4. The Labute approximate surface area is 138 Å². The topological polar surface area (TPSA) is 59.6 Å². The van der Waals surface area contributed by atoms with Gasteiger partial charge in [-0.1, -0.05) is 13.8 Å². The van der Waals surface area contributed by atoms with E-state index in [1.165, 1.54) is 12.8 Å². The van der Waals surface area contributed by atoms with Crippen molar-refractivity contribution >= 4 is 5.91 Å². The van der Waals surface area contributed by atoms with Gasteiger partial charge in [-0.25, -0.2) is 0 Å². The minimum absolute atomic E-state index is 0.0655. The predicted molar refractivity (Wildman–Crippen MR) is 91.3 cm³/mol. The van der Waals surface area contributed by atoms with E-state index in [1.807, 2.05) is 0 Å². The van der Waals surface area contributed by atoms with Crippen molar-refractivity contribution in [1.82, 2.24) is 10.6 Å². The van der Waals surface area contributed by atoms with Crippen LogP contribution in [0.25, 0.3) is 0 Å². The summed E-state index contributed by atoms with van der Waals surface area (Å²) in [6.45, 7) is 7.57. The summed E-state index contributed by atoms with van der Waals surface area (Å²) in [6, 6.07) is 5.33. The third kappa shape index (κ3) is 5.43. The van der Waals surface area contributed by atoms with Crippen molar-refractivity contribution in [2.45, 2.75) is 26.7 Å². The summed E-state index contributed by atoms with van der Waals surface area (Å²) in [7, 11) is 1.59. The molecule has 128 valence electrons. The summed E-state index contributed by atoms with van der Waals surface area (Å²) < 4.78 is 11.1. The molecule has 1 heterocycles. The van der Waals surface area contributed by atoms with Gasteiger partial charge in [-0.2, -0.15) is 0 Å². The number of hydrogen-bond acceptors (Lipinski definition) is 4. The molecule has 23 heavy (non-hydrogen) atoms. The van der Waals surface area contributed by atoms with E-state index in [4.69, 9.17) is 9.47 Å². The highest BCUT2D eigenvalue weighted by Crippen LogP contribution is 2.28. The molecule has 2 N–H and O–H groups in total. The highest BCUT2D eigenvalue weighted by Gasteiger charge is 2.16. The van der Waals surface area contributed by atoms with Crippen LogP contribution in [-0.2, 0) is 0 Å². The Balaban J connectivity index is 1.94. The number of carbonyl (C=O) groups is 1. The van der Waals surface area contributed by atoms with Crippen molar-refractivity contribution in [1.29, 1.82) is 0 Å². The molecule has 0 bridgehead atoms. The largest absolute Gasteiger partial charge is 0.493 e. The molecule has 5 heteroatoms. The summed E-state index contributed by atoms with van der Waals surface area (Å²) in [5, 5.41) is 6.37. The normalized spacial score (nSPS) is 17.8. The van der Waals surface area contributed by atoms with Crippen LogP contribution < -0.4 is 20.1 Å². The fraction of sp³-hybridized carbons (Fsp3) is 0.611. The average molecular weight is 320 g/mol. The number of hydrogen-bond donors (Lipinski definition) is 2. The molecule has 1 aromatic rings. The van der Waals surface area contributed by atoms with Crippen LogP contribution in [0.3, 0.4) is 0 Å². The standard InChI is InChI=1S/C18H28N2O3/c1-13(2)12-23-16-7-6-15(9-17(16)22-3)18(21)20-11-14-5-4-8-19-10-14/h6-7,9,13-14,19H,4-5,8,10-12H2,1-3H3,(H,20,21). The van der Waals surface area contributed by atoms with Crippen molar-refractivity contribution < 1.29 is 14.3 Å². The van der Waals surface area contributed by atoms with Crippen LogP contribution >= 0.6 is 0 Å². The van der Waals surface area contributed by atoms with Gasteiger partial charge >= 0.3 is 0 Å². The molecular weight excluding hydrogens is 292 g/mol. The van der Waals surface area contributed by atoms with Gasteiger partial charge in [-0.3, -0.25) is 4.79 Å². The van der Waals surface area contributed by atoms with E-state index in [9.17, 15) is 4.79 Å². The SMILES string of the molecule is COc1cc(C(=O)NCC2CCCNC2)ccc1OCC(C)C. The van der Waals surface area contributed by atoms with Crippen LogP contribution in [-0.4, -0.2) is 39.3 Å². The van der Waals surface area contributed by atoms with Gasteiger partial charge in [-0.05, 0) is 56.0 Å². The fourth-order valence-corrected chi connectivity index (χ4v) is 2.62. The molecule has 0 aromatic heterocycles. The molecule has 1 aromatic carbocycles. The number of amides is 1. The first-order chi connectivity index (χ1) is 11.1. The quantitative estimate of drug-likeness (QED) is 0.810. The number of carbonyl (C=O) groups excluding carboxylic acids is 1. The molecular formula is C18H28N2O3. The number of piperidine rings is 1. The second kappa shape index (κ2) is 8.77. The van der Waals surface area contributed by atoms with E-state index < -0.39 is 0 Å². The zero-order valence-electron chi connectivity index (χ0n) is 14.4. The lowest BCUT2D eigenvalue weighted by Crippen LogP contribution is -2.38. The maximum Gasteiger partial charge on any atom is 0.251 e. The van der Waals surface area contributed by atoms with Gasteiger partial charge in [0, 0.05) is 12.1 Å². The van der Waals surface area contributed by atoms with Gasteiger partial charge in [0.1, 0.15) is 0 Å². The van der Waals surface area contributed by atoms with E-state index >= 15 is 0 Å². The highest BCUT2D eigenvalue weighted by atomic mass is 16.5. The molecule has 0 spiro atoms. The molecule has 0 saturated carbocycles. The van der Waals surface area contributed by atoms with Crippen LogP contribution in [0.5, 0.6) is 11.5 Å². The minimum atomic E-state index is -0.0655. The molecule has 1 amide bonds. The first kappa shape index (κ1) is 17.6. The Hall–Kier alpha value is -1.75. The lowest BCUT2D eigenvalue weighted by molar-refractivity contribution is 0.0944. The molecule has 0 aliphatic carbocycles. The maximum absolute atomic E-state index is 12.3. The number of benzene rings is 1. The van der Waals surface area contributed by atoms with Crippen LogP contribution in [0.15, 0.2) is 18.2 Å². The van der Waals surface area contributed by atoms with Crippen LogP contribution in [0.1, 0.15) is 37.0 Å². The summed E-state index contributed by atoms with van der Waals surface area (Å²) >= 11 is 0. The molecule has 1 aliphatic heterocycles. The number of methoxy groups -OCH3 is 1. The van der Waals surface area contributed by atoms with Gasteiger partial charge in [0.05, 0.1) is 13.7 Å². The van der Waals surface area contributed by atoms with Crippen molar-refractivity contribution in [3.8, 4) is 11.5 Å². The number of rotatable bonds is 7. The number of ether oxygens (including phenoxy) is 2. The Morgan fingerprint density at radius 2 is 2.22 bits per heavy atom. The van der Waals surface area contributed by atoms with Gasteiger partial charge < -0.3 is 20.1 Å². The van der Waals surface area contributed by atoms with E-state index in [1.54, 1.807) is 25.3 Å². The van der Waals surface area contributed by atoms with Gasteiger partial charge in [0.25, 0.3) is 5.91 Å². The monoisotopic (exact) mass is 320 g/mol. The van der Waals surface area contributed by atoms with Crippen molar-refractivity contribution in [3.05, 3.63) is 23.8 Å². The Kier molecular flexibility index (Phi) is 6.71. The Morgan fingerprint density at radius 3 is 2.87 bits per heavy atom. The maximum atomic E-state index is 12.3. The lowest BCUT2D eigenvalue weighted by Gasteiger charge is -2.23. The van der Waals surface area contributed by atoms with Crippen LogP contribution in [0.4, 0.5) is 0 Å². The predicted octanol–water partition coefficient (Wildman–Crippen LogP) is 2.46. The molecule has 1 unspecified atom stereocenters. The molecule has 1 saturated heterocycles. The minimum Gasteiger partial charge on any atom is -0.493 e. The third-order valence-corrected chi connectivity index (χ3v) is 3.95. The molecule has 5 nitrogen and oxygen atoms in total. The molecule has 1 aliphatic rings. The summed E-state index contributed by atoms with van der Waals surface area (Å²) in [4.78, 5) is 12.3. The second-order valence-corrected chi connectivity index (χ2v) is 6.49. The average Bonchev–Trinajstić information content (AvgIpc) is 2.58. The van der Waals surface area contributed by atoms with Gasteiger partial charge in [0.15, 0.2) is 11.5 Å². The van der Waals surface area contributed by atoms with Crippen molar-refractivity contribution in [2.75, 3.05) is 33.4 Å². The zero-order chi connectivity index (χ0) is 16.7. The first-order valence-electron chi connectivity index (χ1n) is 8.40. The van der Waals surface area contributed by atoms with E-state index in [2.05, 4.69) is 24.5 Å². The lowest BCUT2D eigenvalue weighted by atomic mass is 9.99. The fourth-order valence-electron chi connectivity index (χ4n) is 2.62. The summed E-state index contributed by atoms with van der Waals surface area (Å²) in [5.74, 6) is 2.16. The van der Waals surface area contributed by atoms with E-state index in [0.29, 0.717) is 42.0 Å². The Bertz CT molecular complexity index is 511. The Morgan fingerprint density at radius 1 is 1.39 bits per heavy atom. The van der Waals surface area contributed by atoms with Crippen LogP contribution in [0, 0.1) is 11.8 Å². The molecule has 2 rings (SSSR count). The van der Waals surface area contributed by atoms with Crippen LogP contribution in [0.2, 0.25) is 0 Å². The third-order valence-electron chi connectivity index (χ3n) is 3.95. The molecule has 1 atom stereocenters. The molecule has 0 radical (unpaired) electrons. The van der Waals surface area contributed by atoms with Crippen molar-refractivity contribution in [3.63, 3.8) is 0 Å². The van der Waals surface area contributed by atoms with Gasteiger partial charge in [0.2, 0.25) is 0 Å². The smallest absolute Gasteiger partial charge is 0.251 e. The highest BCUT2D eigenvalue weighted by molar-refractivity contribution is 5.94. The second-order valence-electron chi connectivity index (χ2n) is 6.49. The summed E-state index contributed by atoms with van der Waals surface area (Å²) in [5.41, 5.74) is 0.600. The van der Waals surface area contributed by atoms with Crippen molar-refractivity contribution in [2.24, 2.45) is 11.8 Å². The number of nitrogens with one attached hydrogen (secondary N) is 2. The van der Waals surface area contributed by atoms with Gasteiger partial charge in [-0.15, -0.1) is 0 Å². The van der Waals surface area contributed by atoms with E-state index in [0.717, 1.165) is 13.1 Å².